The number of hydrogen-bond acceptors (Lipinski definition) is 4. The molecule has 0 saturated heterocycles. The van der Waals surface area contributed by atoms with Gasteiger partial charge >= 0.3 is 5.97 Å². The molecule has 0 bridgehead atoms. The molecule has 0 aliphatic heterocycles. The van der Waals surface area contributed by atoms with Crippen molar-refractivity contribution in [1.82, 2.24) is 9.97 Å². The zero-order valence-corrected chi connectivity index (χ0v) is 11.6. The first-order valence-corrected chi connectivity index (χ1v) is 6.73. The number of hydrogen-bond donors (Lipinski definition) is 1. The summed E-state index contributed by atoms with van der Waals surface area (Å²) in [6.07, 6.45) is 1.79. The van der Waals surface area contributed by atoms with E-state index in [4.69, 9.17) is 9.84 Å². The van der Waals surface area contributed by atoms with Crippen molar-refractivity contribution in [3.8, 4) is 0 Å². The predicted molar refractivity (Wildman–Crippen MR) is 70.0 cm³/mol. The minimum atomic E-state index is -0.725. The maximum Gasteiger partial charge on any atom is 0.306 e. The van der Waals surface area contributed by atoms with Gasteiger partial charge in [-0.3, -0.25) is 4.79 Å². The summed E-state index contributed by atoms with van der Waals surface area (Å²) in [5, 5.41) is 9.11. The van der Waals surface area contributed by atoms with Gasteiger partial charge in [0.15, 0.2) is 5.82 Å². The van der Waals surface area contributed by atoms with Crippen LogP contribution in [-0.4, -0.2) is 27.7 Å². The van der Waals surface area contributed by atoms with E-state index in [1.165, 1.54) is 0 Å². The maximum atomic E-state index is 11.1. The molecule has 1 aliphatic rings. The van der Waals surface area contributed by atoms with Gasteiger partial charge in [0.05, 0.1) is 5.92 Å². The smallest absolute Gasteiger partial charge is 0.306 e. The molecule has 0 aromatic carbocycles. The van der Waals surface area contributed by atoms with Crippen LogP contribution >= 0.6 is 0 Å². The highest BCUT2D eigenvalue weighted by atomic mass is 16.5. The van der Waals surface area contributed by atoms with E-state index >= 15 is 0 Å². The van der Waals surface area contributed by atoms with Crippen LogP contribution in [0.2, 0.25) is 0 Å². The van der Waals surface area contributed by atoms with Gasteiger partial charge < -0.3 is 9.84 Å². The van der Waals surface area contributed by atoms with E-state index in [0.29, 0.717) is 31.7 Å². The summed E-state index contributed by atoms with van der Waals surface area (Å²) in [7, 11) is 0. The zero-order chi connectivity index (χ0) is 14.0. The Labute approximate surface area is 113 Å². The van der Waals surface area contributed by atoms with E-state index in [0.717, 1.165) is 17.0 Å². The summed E-state index contributed by atoms with van der Waals surface area (Å²) >= 11 is 0. The van der Waals surface area contributed by atoms with Crippen molar-refractivity contribution in [3.63, 3.8) is 0 Å². The fraction of sp³-hybridized carbons (Fsp3) is 0.643. The highest BCUT2D eigenvalue weighted by Gasteiger charge is 2.27. The molecule has 0 amide bonds. The lowest BCUT2D eigenvalue weighted by Gasteiger charge is -2.23. The first-order valence-electron chi connectivity index (χ1n) is 6.73. The van der Waals surface area contributed by atoms with E-state index in [9.17, 15) is 4.79 Å². The third-order valence-electron chi connectivity index (χ3n) is 3.63. The van der Waals surface area contributed by atoms with Crippen molar-refractivity contribution >= 4 is 5.97 Å². The quantitative estimate of drug-likeness (QED) is 0.901. The summed E-state index contributed by atoms with van der Waals surface area (Å²) in [5.74, 6) is -0.325. The van der Waals surface area contributed by atoms with Gasteiger partial charge in [-0.25, -0.2) is 9.97 Å². The van der Waals surface area contributed by atoms with Crippen molar-refractivity contribution in [2.75, 3.05) is 6.61 Å². The van der Waals surface area contributed by atoms with Crippen LogP contribution in [-0.2, 0) is 22.4 Å². The highest BCUT2D eigenvalue weighted by Crippen LogP contribution is 2.27. The standard InChI is InChI=1S/C14H20N2O3/c1-4-19-9(3)13-15-8(2)11-7-10(14(17)18)5-6-12(11)16-13/h9-10H,4-7H2,1-3H3,(H,17,18). The minimum Gasteiger partial charge on any atom is -0.481 e. The van der Waals surface area contributed by atoms with Crippen molar-refractivity contribution in [2.45, 2.75) is 46.1 Å². The fourth-order valence-electron chi connectivity index (χ4n) is 2.53. The number of nitrogens with zero attached hydrogens (tertiary/aromatic N) is 2. The number of carboxylic acids is 1. The van der Waals surface area contributed by atoms with Crippen LogP contribution in [0.4, 0.5) is 0 Å². The van der Waals surface area contributed by atoms with E-state index in [2.05, 4.69) is 9.97 Å². The third kappa shape index (κ3) is 2.92. The molecule has 5 nitrogen and oxygen atoms in total. The number of aromatic nitrogens is 2. The van der Waals surface area contributed by atoms with Crippen LogP contribution < -0.4 is 0 Å². The van der Waals surface area contributed by atoms with Crippen LogP contribution in [0.5, 0.6) is 0 Å². The van der Waals surface area contributed by atoms with E-state index in [-0.39, 0.29) is 12.0 Å². The van der Waals surface area contributed by atoms with Crippen LogP contribution in [0, 0.1) is 12.8 Å². The molecule has 1 aromatic rings. The second kappa shape index (κ2) is 5.65. The van der Waals surface area contributed by atoms with Crippen LogP contribution in [0.1, 0.15) is 49.1 Å². The summed E-state index contributed by atoms with van der Waals surface area (Å²) in [5.41, 5.74) is 2.88. The molecule has 2 rings (SSSR count). The topological polar surface area (TPSA) is 72.3 Å². The second-order valence-corrected chi connectivity index (χ2v) is 4.97. The summed E-state index contributed by atoms with van der Waals surface area (Å²) in [6, 6.07) is 0. The molecule has 0 fully saturated rings. The molecule has 1 aliphatic carbocycles. The van der Waals surface area contributed by atoms with Crippen molar-refractivity contribution < 1.29 is 14.6 Å². The normalized spacial score (nSPS) is 19.8. The average molecular weight is 264 g/mol. The van der Waals surface area contributed by atoms with Gasteiger partial charge in [-0.2, -0.15) is 0 Å². The average Bonchev–Trinajstić information content (AvgIpc) is 2.38. The van der Waals surface area contributed by atoms with Gasteiger partial charge in [-0.05, 0) is 45.6 Å². The molecular formula is C14H20N2O3. The summed E-state index contributed by atoms with van der Waals surface area (Å²) in [4.78, 5) is 20.1. The van der Waals surface area contributed by atoms with Gasteiger partial charge in [-0.15, -0.1) is 0 Å². The summed E-state index contributed by atoms with van der Waals surface area (Å²) in [6.45, 7) is 6.43. The number of carboxylic acid groups (broad SMARTS) is 1. The molecule has 19 heavy (non-hydrogen) atoms. The van der Waals surface area contributed by atoms with E-state index in [1.54, 1.807) is 0 Å². The fourth-order valence-corrected chi connectivity index (χ4v) is 2.53. The molecular weight excluding hydrogens is 244 g/mol. The number of aryl methyl sites for hydroxylation is 2. The minimum absolute atomic E-state index is 0.119. The van der Waals surface area contributed by atoms with Crippen LogP contribution in [0.15, 0.2) is 0 Å². The Bertz CT molecular complexity index is 488. The number of aliphatic carboxylic acids is 1. The molecule has 2 unspecified atom stereocenters. The molecule has 0 radical (unpaired) electrons. The molecule has 1 heterocycles. The zero-order valence-electron chi connectivity index (χ0n) is 11.6. The molecule has 0 saturated carbocycles. The van der Waals surface area contributed by atoms with Gasteiger partial charge in [-0.1, -0.05) is 0 Å². The number of rotatable bonds is 4. The van der Waals surface area contributed by atoms with Gasteiger partial charge in [0.1, 0.15) is 6.10 Å². The molecule has 5 heteroatoms. The predicted octanol–water partition coefficient (Wildman–Crippen LogP) is 2.07. The Morgan fingerprint density at radius 2 is 2.26 bits per heavy atom. The van der Waals surface area contributed by atoms with Gasteiger partial charge in [0, 0.05) is 18.0 Å². The highest BCUT2D eigenvalue weighted by molar-refractivity contribution is 5.71. The number of carbonyl (C=O) groups is 1. The third-order valence-corrected chi connectivity index (χ3v) is 3.63. The Morgan fingerprint density at radius 3 is 2.89 bits per heavy atom. The number of ether oxygens (including phenoxy) is 1. The van der Waals surface area contributed by atoms with Crippen LogP contribution in [0.3, 0.4) is 0 Å². The monoisotopic (exact) mass is 264 g/mol. The molecule has 0 spiro atoms. The van der Waals surface area contributed by atoms with Crippen molar-refractivity contribution in [1.29, 1.82) is 0 Å². The lowest BCUT2D eigenvalue weighted by molar-refractivity contribution is -0.142. The largest absolute Gasteiger partial charge is 0.481 e. The number of fused-ring (bicyclic) bond motifs is 1. The molecule has 104 valence electrons. The SMILES string of the molecule is CCOC(C)c1nc(C)c2c(n1)CCC(C(=O)O)C2. The molecule has 2 atom stereocenters. The molecule has 1 N–H and O–H groups in total. The Balaban J connectivity index is 2.28. The first-order chi connectivity index (χ1) is 9.02. The lowest BCUT2D eigenvalue weighted by Crippen LogP contribution is -2.25. The second-order valence-electron chi connectivity index (χ2n) is 4.97. The molecule has 1 aromatic heterocycles. The van der Waals surface area contributed by atoms with Gasteiger partial charge in [0.25, 0.3) is 0 Å². The Hall–Kier alpha value is -1.49. The van der Waals surface area contributed by atoms with Crippen LogP contribution in [0.25, 0.3) is 0 Å². The van der Waals surface area contributed by atoms with E-state index in [1.807, 2.05) is 20.8 Å². The first kappa shape index (κ1) is 13.9. The Morgan fingerprint density at radius 1 is 1.53 bits per heavy atom. The van der Waals surface area contributed by atoms with E-state index < -0.39 is 5.97 Å². The van der Waals surface area contributed by atoms with Crippen molar-refractivity contribution in [2.24, 2.45) is 5.92 Å². The van der Waals surface area contributed by atoms with Gasteiger partial charge in [0.2, 0.25) is 0 Å². The summed E-state index contributed by atoms with van der Waals surface area (Å²) < 4.78 is 5.51. The Kier molecular flexibility index (Phi) is 4.14. The maximum absolute atomic E-state index is 11.1. The van der Waals surface area contributed by atoms with Crippen molar-refractivity contribution in [3.05, 3.63) is 22.8 Å². The lowest BCUT2D eigenvalue weighted by atomic mass is 9.86.